The summed E-state index contributed by atoms with van der Waals surface area (Å²) in [6, 6.07) is 39.0. The number of phenolic OH excluding ortho intramolecular Hbond substituents is 5. The maximum atomic E-state index is 10.00. The van der Waals surface area contributed by atoms with Crippen LogP contribution in [0.3, 0.4) is 0 Å². The highest BCUT2D eigenvalue weighted by atomic mass is 16.5. The standard InChI is InChI=1S/C42H38O7/c43-34-9-1-5-28(19-34)13-15-30-7-3-11-36(21-30)48-38-23-32(17-18-33-25-40(45)42(47)41(46)26-33)24-39(27-38)49-37-12-4-8-31(22-37)16-14-29-6-2-10-35(44)20-29/h1-12,19-27,43-47H,13-18H2. The second-order valence-electron chi connectivity index (χ2n) is 12.1. The van der Waals surface area contributed by atoms with Crippen molar-refractivity contribution in [3.05, 3.63) is 161 Å². The molecule has 0 radical (unpaired) electrons. The lowest BCUT2D eigenvalue weighted by Gasteiger charge is -2.14. The minimum Gasteiger partial charge on any atom is -0.508 e. The van der Waals surface area contributed by atoms with E-state index in [4.69, 9.17) is 9.47 Å². The van der Waals surface area contributed by atoms with Crippen LogP contribution in [0.5, 0.6) is 51.7 Å². The largest absolute Gasteiger partial charge is 0.508 e. The van der Waals surface area contributed by atoms with E-state index in [1.54, 1.807) is 24.3 Å². The van der Waals surface area contributed by atoms with Crippen LogP contribution in [0.2, 0.25) is 0 Å². The monoisotopic (exact) mass is 654 g/mol. The highest BCUT2D eigenvalue weighted by Crippen LogP contribution is 2.36. The Kier molecular flexibility index (Phi) is 10.2. The van der Waals surface area contributed by atoms with Gasteiger partial charge in [0, 0.05) is 6.07 Å². The van der Waals surface area contributed by atoms with Crippen LogP contribution in [0, 0.1) is 0 Å². The van der Waals surface area contributed by atoms with Gasteiger partial charge in [0.05, 0.1) is 0 Å². The van der Waals surface area contributed by atoms with Gasteiger partial charge in [-0.15, -0.1) is 0 Å². The molecule has 0 fully saturated rings. The number of hydrogen-bond acceptors (Lipinski definition) is 7. The zero-order chi connectivity index (χ0) is 34.2. The Balaban J connectivity index is 1.21. The second-order valence-corrected chi connectivity index (χ2v) is 12.1. The first-order valence-corrected chi connectivity index (χ1v) is 16.2. The fourth-order valence-corrected chi connectivity index (χ4v) is 5.79. The maximum Gasteiger partial charge on any atom is 0.200 e. The van der Waals surface area contributed by atoms with Gasteiger partial charge in [-0.25, -0.2) is 0 Å². The molecule has 248 valence electrons. The fraction of sp³-hybridized carbons (Fsp3) is 0.143. The third-order valence-electron chi connectivity index (χ3n) is 8.27. The number of rotatable bonds is 13. The molecule has 0 bridgehead atoms. The van der Waals surface area contributed by atoms with Crippen LogP contribution in [0.25, 0.3) is 0 Å². The molecule has 0 saturated heterocycles. The van der Waals surface area contributed by atoms with Gasteiger partial charge in [-0.1, -0.05) is 48.5 Å². The molecule has 0 aliphatic heterocycles. The van der Waals surface area contributed by atoms with Crippen molar-refractivity contribution in [2.24, 2.45) is 0 Å². The van der Waals surface area contributed by atoms with Crippen molar-refractivity contribution >= 4 is 0 Å². The van der Waals surface area contributed by atoms with Crippen molar-refractivity contribution < 1.29 is 35.0 Å². The van der Waals surface area contributed by atoms with Crippen molar-refractivity contribution in [2.75, 3.05) is 0 Å². The molecule has 0 amide bonds. The molecule has 0 aliphatic carbocycles. The molecule has 0 unspecified atom stereocenters. The van der Waals surface area contributed by atoms with Crippen LogP contribution in [0.4, 0.5) is 0 Å². The molecule has 49 heavy (non-hydrogen) atoms. The summed E-state index contributed by atoms with van der Waals surface area (Å²) in [5, 5.41) is 49.4. The van der Waals surface area contributed by atoms with Gasteiger partial charge >= 0.3 is 0 Å². The van der Waals surface area contributed by atoms with Crippen LogP contribution < -0.4 is 9.47 Å². The summed E-state index contributed by atoms with van der Waals surface area (Å²) in [5.74, 6) is 1.77. The summed E-state index contributed by atoms with van der Waals surface area (Å²) < 4.78 is 12.8. The predicted octanol–water partition coefficient (Wildman–Crippen LogP) is 9.15. The number of ether oxygens (including phenoxy) is 2. The Bertz CT molecular complexity index is 1920. The van der Waals surface area contributed by atoms with Gasteiger partial charge in [-0.3, -0.25) is 0 Å². The third-order valence-corrected chi connectivity index (χ3v) is 8.27. The molecule has 7 heteroatoms. The smallest absolute Gasteiger partial charge is 0.200 e. The van der Waals surface area contributed by atoms with E-state index in [2.05, 4.69) is 12.1 Å². The van der Waals surface area contributed by atoms with E-state index < -0.39 is 5.75 Å². The Morgan fingerprint density at radius 2 is 0.673 bits per heavy atom. The summed E-state index contributed by atoms with van der Waals surface area (Å²) in [5.41, 5.74) is 5.89. The van der Waals surface area contributed by atoms with E-state index in [1.165, 1.54) is 12.1 Å². The van der Waals surface area contributed by atoms with Gasteiger partial charge in [0.2, 0.25) is 0 Å². The second kappa shape index (κ2) is 15.2. The molecule has 0 atom stereocenters. The van der Waals surface area contributed by atoms with Gasteiger partial charge < -0.3 is 35.0 Å². The highest BCUT2D eigenvalue weighted by Gasteiger charge is 2.11. The van der Waals surface area contributed by atoms with Crippen LogP contribution in [-0.2, 0) is 38.5 Å². The first kappa shape index (κ1) is 32.8. The van der Waals surface area contributed by atoms with Crippen molar-refractivity contribution in [1.82, 2.24) is 0 Å². The van der Waals surface area contributed by atoms with Crippen LogP contribution in [-0.4, -0.2) is 25.5 Å². The number of phenols is 5. The van der Waals surface area contributed by atoms with Crippen molar-refractivity contribution in [3.8, 4) is 51.7 Å². The molecular formula is C42H38O7. The zero-order valence-corrected chi connectivity index (χ0v) is 26.9. The molecule has 7 nitrogen and oxygen atoms in total. The van der Waals surface area contributed by atoms with E-state index in [9.17, 15) is 25.5 Å². The minimum atomic E-state index is -0.539. The van der Waals surface area contributed by atoms with Crippen molar-refractivity contribution in [3.63, 3.8) is 0 Å². The number of aromatic hydroxyl groups is 5. The molecule has 6 aromatic carbocycles. The molecule has 0 aromatic heterocycles. The van der Waals surface area contributed by atoms with Gasteiger partial charge in [0.25, 0.3) is 0 Å². The van der Waals surface area contributed by atoms with Crippen LogP contribution >= 0.6 is 0 Å². The number of benzene rings is 6. The molecule has 0 saturated carbocycles. The van der Waals surface area contributed by atoms with Crippen LogP contribution in [0.15, 0.2) is 127 Å². The fourth-order valence-electron chi connectivity index (χ4n) is 5.79. The first-order chi connectivity index (χ1) is 23.8. The SMILES string of the molecule is Oc1cccc(CCc2cccc(Oc3cc(CCc4cc(O)c(O)c(O)c4)cc(Oc4cccc(CCc5cccc(O)c5)c4)c3)c2)c1. The lowest BCUT2D eigenvalue weighted by molar-refractivity contribution is 0.367. The molecule has 0 spiro atoms. The average Bonchev–Trinajstić information content (AvgIpc) is 3.08. The number of aryl methyl sites for hydroxylation is 6. The van der Waals surface area contributed by atoms with E-state index in [0.717, 1.165) is 53.5 Å². The van der Waals surface area contributed by atoms with Gasteiger partial charge in [-0.05, 0) is 145 Å². The maximum absolute atomic E-state index is 10.00. The summed E-state index contributed by atoms with van der Waals surface area (Å²) in [6.07, 6.45) is 4.15. The minimum absolute atomic E-state index is 0.256. The van der Waals surface area contributed by atoms with Gasteiger partial charge in [0.1, 0.15) is 34.5 Å². The van der Waals surface area contributed by atoms with Gasteiger partial charge in [0.15, 0.2) is 17.2 Å². The lowest BCUT2D eigenvalue weighted by atomic mass is 10.0. The average molecular weight is 655 g/mol. The normalized spacial score (nSPS) is 10.9. The Hall–Kier alpha value is -6.08. The van der Waals surface area contributed by atoms with E-state index >= 15 is 0 Å². The molecular weight excluding hydrogens is 616 g/mol. The zero-order valence-electron chi connectivity index (χ0n) is 26.9. The molecule has 0 aliphatic rings. The highest BCUT2D eigenvalue weighted by molar-refractivity contribution is 5.51. The Morgan fingerprint density at radius 1 is 0.327 bits per heavy atom. The summed E-state index contributed by atoms with van der Waals surface area (Å²) in [4.78, 5) is 0. The van der Waals surface area contributed by atoms with E-state index in [-0.39, 0.29) is 23.0 Å². The topological polar surface area (TPSA) is 120 Å². The third kappa shape index (κ3) is 9.26. The molecule has 0 heterocycles. The summed E-state index contributed by atoms with van der Waals surface area (Å²) in [6.45, 7) is 0. The summed E-state index contributed by atoms with van der Waals surface area (Å²) in [7, 11) is 0. The Morgan fingerprint density at radius 3 is 1.10 bits per heavy atom. The lowest BCUT2D eigenvalue weighted by Crippen LogP contribution is -1.96. The number of hydrogen-bond donors (Lipinski definition) is 5. The molecule has 5 N–H and O–H groups in total. The Labute approximate surface area is 285 Å². The summed E-state index contributed by atoms with van der Waals surface area (Å²) >= 11 is 0. The van der Waals surface area contributed by atoms with Gasteiger partial charge in [-0.2, -0.15) is 0 Å². The van der Waals surface area contributed by atoms with Crippen molar-refractivity contribution in [2.45, 2.75) is 38.5 Å². The van der Waals surface area contributed by atoms with Crippen molar-refractivity contribution in [1.29, 1.82) is 0 Å². The molecule has 6 aromatic rings. The van der Waals surface area contributed by atoms with Crippen LogP contribution in [0.1, 0.15) is 33.4 Å². The van der Waals surface area contributed by atoms with E-state index in [0.29, 0.717) is 41.4 Å². The quantitative estimate of drug-likeness (QED) is 0.0788. The van der Waals surface area contributed by atoms with E-state index in [1.807, 2.05) is 78.9 Å². The predicted molar refractivity (Wildman–Crippen MR) is 189 cm³/mol. The first-order valence-electron chi connectivity index (χ1n) is 16.2. The molecule has 6 rings (SSSR count).